The van der Waals surface area contributed by atoms with Crippen molar-refractivity contribution in [3.63, 3.8) is 0 Å². The van der Waals surface area contributed by atoms with E-state index in [0.717, 1.165) is 19.3 Å². The molecule has 1 aliphatic rings. The molecule has 0 radical (unpaired) electrons. The van der Waals surface area contributed by atoms with Gasteiger partial charge in [-0.3, -0.25) is 9.59 Å². The SMILES string of the molecule is Cc1ncncc1C(=O)NCC1(C(=O)O)CCCCC1. The lowest BCUT2D eigenvalue weighted by Gasteiger charge is -2.33. The van der Waals surface area contributed by atoms with Crippen LogP contribution in [0.15, 0.2) is 12.5 Å². The normalized spacial score (nSPS) is 17.4. The molecule has 2 rings (SSSR count). The zero-order valence-corrected chi connectivity index (χ0v) is 11.6. The molecule has 0 atom stereocenters. The smallest absolute Gasteiger partial charge is 0.311 e. The summed E-state index contributed by atoms with van der Waals surface area (Å²) in [5, 5.41) is 12.2. The molecule has 20 heavy (non-hydrogen) atoms. The average molecular weight is 277 g/mol. The fourth-order valence-electron chi connectivity index (χ4n) is 2.65. The largest absolute Gasteiger partial charge is 0.481 e. The predicted molar refractivity (Wildman–Crippen MR) is 72.3 cm³/mol. The van der Waals surface area contributed by atoms with Gasteiger partial charge in [-0.25, -0.2) is 9.97 Å². The number of amides is 1. The second kappa shape index (κ2) is 5.98. The van der Waals surface area contributed by atoms with E-state index in [2.05, 4.69) is 15.3 Å². The van der Waals surface area contributed by atoms with Gasteiger partial charge in [0.15, 0.2) is 0 Å². The van der Waals surface area contributed by atoms with Crippen LogP contribution < -0.4 is 5.32 Å². The molecule has 1 heterocycles. The van der Waals surface area contributed by atoms with Crippen LogP contribution in [0.5, 0.6) is 0 Å². The van der Waals surface area contributed by atoms with Gasteiger partial charge in [-0.1, -0.05) is 19.3 Å². The summed E-state index contributed by atoms with van der Waals surface area (Å²) < 4.78 is 0. The number of carboxylic acids is 1. The third-order valence-corrected chi connectivity index (χ3v) is 4.01. The number of carbonyl (C=O) groups excluding carboxylic acids is 1. The summed E-state index contributed by atoms with van der Waals surface area (Å²) in [6.45, 7) is 1.89. The van der Waals surface area contributed by atoms with E-state index in [9.17, 15) is 14.7 Å². The van der Waals surface area contributed by atoms with Crippen molar-refractivity contribution >= 4 is 11.9 Å². The molecule has 0 saturated heterocycles. The molecule has 0 unspecified atom stereocenters. The highest BCUT2D eigenvalue weighted by molar-refractivity contribution is 5.95. The molecule has 6 heteroatoms. The third-order valence-electron chi connectivity index (χ3n) is 4.01. The predicted octanol–water partition coefficient (Wildman–Crippen LogP) is 1.55. The summed E-state index contributed by atoms with van der Waals surface area (Å²) in [7, 11) is 0. The first-order valence-corrected chi connectivity index (χ1v) is 6.83. The lowest BCUT2D eigenvalue weighted by atomic mass is 9.74. The zero-order valence-electron chi connectivity index (χ0n) is 11.6. The van der Waals surface area contributed by atoms with Crippen molar-refractivity contribution in [3.8, 4) is 0 Å². The standard InChI is InChI=1S/C14H19N3O3/c1-10-11(7-15-9-17-10)12(18)16-8-14(13(19)20)5-3-2-4-6-14/h7,9H,2-6,8H2,1H3,(H,16,18)(H,19,20). The molecule has 1 amide bonds. The van der Waals surface area contributed by atoms with Crippen LogP contribution in [0.25, 0.3) is 0 Å². The Morgan fingerprint density at radius 2 is 2.05 bits per heavy atom. The number of hydrogen-bond donors (Lipinski definition) is 2. The molecule has 1 saturated carbocycles. The minimum absolute atomic E-state index is 0.162. The van der Waals surface area contributed by atoms with Crippen molar-refractivity contribution in [2.45, 2.75) is 39.0 Å². The van der Waals surface area contributed by atoms with Crippen molar-refractivity contribution in [2.75, 3.05) is 6.54 Å². The maximum Gasteiger partial charge on any atom is 0.311 e. The number of aliphatic carboxylic acids is 1. The summed E-state index contributed by atoms with van der Waals surface area (Å²) in [6, 6.07) is 0. The molecule has 1 aliphatic carbocycles. The maximum absolute atomic E-state index is 12.1. The molecule has 1 aromatic rings. The van der Waals surface area contributed by atoms with Crippen molar-refractivity contribution in [2.24, 2.45) is 5.41 Å². The van der Waals surface area contributed by atoms with Crippen molar-refractivity contribution < 1.29 is 14.7 Å². The highest BCUT2D eigenvalue weighted by atomic mass is 16.4. The number of aromatic nitrogens is 2. The number of carbonyl (C=O) groups is 2. The Morgan fingerprint density at radius 3 is 2.65 bits per heavy atom. The Balaban J connectivity index is 2.05. The Bertz CT molecular complexity index is 510. The summed E-state index contributed by atoms with van der Waals surface area (Å²) in [4.78, 5) is 31.4. The molecule has 108 valence electrons. The van der Waals surface area contributed by atoms with Gasteiger partial charge in [-0.05, 0) is 19.8 Å². The number of carboxylic acid groups (broad SMARTS) is 1. The van der Waals surface area contributed by atoms with Crippen molar-refractivity contribution in [1.29, 1.82) is 0 Å². The Labute approximate surface area is 117 Å². The summed E-state index contributed by atoms with van der Waals surface area (Å²) >= 11 is 0. The molecule has 0 spiro atoms. The van der Waals surface area contributed by atoms with Crippen molar-refractivity contribution in [1.82, 2.24) is 15.3 Å². The van der Waals surface area contributed by atoms with E-state index in [1.54, 1.807) is 6.92 Å². The third kappa shape index (κ3) is 2.95. The molecule has 1 aromatic heterocycles. The van der Waals surface area contributed by atoms with E-state index in [-0.39, 0.29) is 12.5 Å². The van der Waals surface area contributed by atoms with E-state index in [0.29, 0.717) is 24.1 Å². The van der Waals surface area contributed by atoms with Crippen LogP contribution in [0.4, 0.5) is 0 Å². The molecule has 2 N–H and O–H groups in total. The quantitative estimate of drug-likeness (QED) is 0.871. The monoisotopic (exact) mass is 277 g/mol. The van der Waals surface area contributed by atoms with Crippen LogP contribution in [-0.2, 0) is 4.79 Å². The zero-order chi connectivity index (χ0) is 14.6. The summed E-state index contributed by atoms with van der Waals surface area (Å²) in [5.41, 5.74) is 0.159. The highest BCUT2D eigenvalue weighted by Gasteiger charge is 2.39. The van der Waals surface area contributed by atoms with Crippen LogP contribution in [0.1, 0.15) is 48.2 Å². The van der Waals surface area contributed by atoms with Crippen molar-refractivity contribution in [3.05, 3.63) is 23.8 Å². The van der Waals surface area contributed by atoms with Crippen LogP contribution in [0, 0.1) is 12.3 Å². The van der Waals surface area contributed by atoms with E-state index in [1.165, 1.54) is 12.5 Å². The van der Waals surface area contributed by atoms with Gasteiger partial charge < -0.3 is 10.4 Å². The van der Waals surface area contributed by atoms with Gasteiger partial charge >= 0.3 is 5.97 Å². The molecule has 1 fully saturated rings. The number of nitrogens with one attached hydrogen (secondary N) is 1. The molecule has 0 aliphatic heterocycles. The molecule has 0 aromatic carbocycles. The fourth-order valence-corrected chi connectivity index (χ4v) is 2.65. The Morgan fingerprint density at radius 1 is 1.35 bits per heavy atom. The molecular formula is C14H19N3O3. The first-order chi connectivity index (χ1) is 9.55. The minimum Gasteiger partial charge on any atom is -0.481 e. The molecule has 6 nitrogen and oxygen atoms in total. The lowest BCUT2D eigenvalue weighted by Crippen LogP contribution is -2.44. The van der Waals surface area contributed by atoms with E-state index in [4.69, 9.17) is 0 Å². The lowest BCUT2D eigenvalue weighted by molar-refractivity contribution is -0.150. The van der Waals surface area contributed by atoms with Gasteiger partial charge in [-0.2, -0.15) is 0 Å². The average Bonchev–Trinajstić information content (AvgIpc) is 2.46. The Kier molecular flexibility index (Phi) is 4.32. The van der Waals surface area contributed by atoms with Gasteiger partial charge in [0.25, 0.3) is 5.91 Å². The fraction of sp³-hybridized carbons (Fsp3) is 0.571. The van der Waals surface area contributed by atoms with E-state index in [1.807, 2.05) is 0 Å². The maximum atomic E-state index is 12.1. The van der Waals surface area contributed by atoms with E-state index >= 15 is 0 Å². The highest BCUT2D eigenvalue weighted by Crippen LogP contribution is 2.36. The molecule has 0 bridgehead atoms. The number of nitrogens with zero attached hydrogens (tertiary/aromatic N) is 2. The second-order valence-corrected chi connectivity index (χ2v) is 5.35. The van der Waals surface area contributed by atoms with Crippen LogP contribution in [0.3, 0.4) is 0 Å². The topological polar surface area (TPSA) is 92.2 Å². The first kappa shape index (κ1) is 14.4. The minimum atomic E-state index is -0.822. The van der Waals surface area contributed by atoms with Crippen LogP contribution >= 0.6 is 0 Å². The summed E-state index contributed by atoms with van der Waals surface area (Å²) in [6.07, 6.45) is 6.93. The van der Waals surface area contributed by atoms with Gasteiger partial charge in [0.2, 0.25) is 0 Å². The number of hydrogen-bond acceptors (Lipinski definition) is 4. The summed E-state index contributed by atoms with van der Waals surface area (Å²) in [5.74, 6) is -1.13. The van der Waals surface area contributed by atoms with Gasteiger partial charge in [0, 0.05) is 12.7 Å². The van der Waals surface area contributed by atoms with Gasteiger partial charge in [-0.15, -0.1) is 0 Å². The van der Waals surface area contributed by atoms with Gasteiger partial charge in [0.05, 0.1) is 16.7 Å². The van der Waals surface area contributed by atoms with Crippen LogP contribution in [-0.4, -0.2) is 33.5 Å². The Hall–Kier alpha value is -1.98. The van der Waals surface area contributed by atoms with E-state index < -0.39 is 11.4 Å². The second-order valence-electron chi connectivity index (χ2n) is 5.35. The first-order valence-electron chi connectivity index (χ1n) is 6.83. The number of aryl methyl sites for hydroxylation is 1. The van der Waals surface area contributed by atoms with Gasteiger partial charge in [0.1, 0.15) is 6.33 Å². The molecular weight excluding hydrogens is 258 g/mol. The van der Waals surface area contributed by atoms with Crippen LogP contribution in [0.2, 0.25) is 0 Å². The number of rotatable bonds is 4.